The molecule has 2 N–H and O–H groups in total. The first-order valence-corrected chi connectivity index (χ1v) is 7.65. The molecule has 0 aliphatic carbocycles. The monoisotopic (exact) mass is 353 g/mol. The minimum atomic E-state index is -0.587. The summed E-state index contributed by atoms with van der Waals surface area (Å²) in [5.41, 5.74) is 6.02. The van der Waals surface area contributed by atoms with E-state index >= 15 is 0 Å². The molecule has 0 saturated heterocycles. The third-order valence-corrected chi connectivity index (χ3v) is 3.80. The minimum Gasteiger partial charge on any atom is -0.497 e. The quantitative estimate of drug-likeness (QED) is 0.557. The molecule has 1 heterocycles. The maximum atomic E-state index is 12.2. The van der Waals surface area contributed by atoms with Gasteiger partial charge < -0.3 is 19.6 Å². The van der Waals surface area contributed by atoms with Crippen LogP contribution >= 0.6 is 0 Å². The van der Waals surface area contributed by atoms with Crippen LogP contribution in [0.5, 0.6) is 5.75 Å². The molecule has 7 nitrogen and oxygen atoms in total. The van der Waals surface area contributed by atoms with Gasteiger partial charge in [-0.1, -0.05) is 0 Å². The third-order valence-electron chi connectivity index (χ3n) is 3.80. The number of esters is 1. The van der Waals surface area contributed by atoms with E-state index in [0.717, 1.165) is 0 Å². The normalized spacial score (nSPS) is 10.5. The molecule has 0 aliphatic rings. The maximum absolute atomic E-state index is 12.2. The molecule has 26 heavy (non-hydrogen) atoms. The molecule has 0 saturated carbocycles. The molecular weight excluding hydrogens is 338 g/mol. The predicted molar refractivity (Wildman–Crippen MR) is 93.1 cm³/mol. The summed E-state index contributed by atoms with van der Waals surface area (Å²) in [5.74, 6) is -0.622. The summed E-state index contributed by atoms with van der Waals surface area (Å²) in [6.45, 7) is -0.106. The van der Waals surface area contributed by atoms with Crippen molar-refractivity contribution in [3.05, 3.63) is 75.6 Å². The van der Waals surface area contributed by atoms with Crippen molar-refractivity contribution in [2.24, 2.45) is 5.73 Å². The number of hydrogen-bond donors (Lipinski definition) is 1. The molecule has 0 atom stereocenters. The van der Waals surface area contributed by atoms with Crippen LogP contribution in [0.15, 0.2) is 57.7 Å². The van der Waals surface area contributed by atoms with Crippen molar-refractivity contribution >= 4 is 22.8 Å². The Labute approximate surface area is 147 Å². The van der Waals surface area contributed by atoms with Crippen LogP contribution in [0.4, 0.5) is 0 Å². The number of carbonyl (C=O) groups excluding carboxylic acids is 2. The fourth-order valence-corrected chi connectivity index (χ4v) is 2.45. The fourth-order valence-electron chi connectivity index (χ4n) is 2.45. The van der Waals surface area contributed by atoms with Gasteiger partial charge in [-0.3, -0.25) is 4.79 Å². The van der Waals surface area contributed by atoms with E-state index in [0.29, 0.717) is 27.8 Å². The standard InChI is InChI=1S/C19H15NO6/c1-24-14-6-7-15-13(8-17(21)26-16(15)9-14)10-25-19(23)12-4-2-11(3-5-12)18(20)22/h2-9H,10H2,1H3,(H2,20,22). The van der Waals surface area contributed by atoms with Crippen LogP contribution in [0.3, 0.4) is 0 Å². The SMILES string of the molecule is COc1ccc2c(COC(=O)c3ccc(C(N)=O)cc3)cc(=O)oc2c1. The summed E-state index contributed by atoms with van der Waals surface area (Å²) in [5, 5.41) is 0.641. The number of ether oxygens (including phenoxy) is 2. The van der Waals surface area contributed by atoms with Crippen LogP contribution in [-0.2, 0) is 11.3 Å². The van der Waals surface area contributed by atoms with Gasteiger partial charge in [-0.15, -0.1) is 0 Å². The molecule has 3 aromatic rings. The maximum Gasteiger partial charge on any atom is 0.338 e. The molecule has 7 heteroatoms. The lowest BCUT2D eigenvalue weighted by molar-refractivity contribution is 0.0473. The van der Waals surface area contributed by atoms with Crippen LogP contribution in [0.1, 0.15) is 26.3 Å². The third kappa shape index (κ3) is 3.56. The van der Waals surface area contributed by atoms with Crippen LogP contribution in [-0.4, -0.2) is 19.0 Å². The molecule has 0 aliphatic heterocycles. The molecule has 1 aromatic heterocycles. The van der Waals surface area contributed by atoms with Gasteiger partial charge in [-0.25, -0.2) is 9.59 Å². The minimum absolute atomic E-state index is 0.106. The Balaban J connectivity index is 1.81. The molecule has 132 valence electrons. The van der Waals surface area contributed by atoms with E-state index in [4.69, 9.17) is 19.6 Å². The number of methoxy groups -OCH3 is 1. The van der Waals surface area contributed by atoms with Gasteiger partial charge >= 0.3 is 11.6 Å². The van der Waals surface area contributed by atoms with Gasteiger partial charge in [-0.2, -0.15) is 0 Å². The second kappa shape index (κ2) is 7.10. The van der Waals surface area contributed by atoms with Gasteiger partial charge in [0.15, 0.2) is 0 Å². The first-order chi connectivity index (χ1) is 12.5. The van der Waals surface area contributed by atoms with E-state index in [1.165, 1.54) is 37.4 Å². The van der Waals surface area contributed by atoms with E-state index in [1.54, 1.807) is 18.2 Å². The zero-order chi connectivity index (χ0) is 18.7. The van der Waals surface area contributed by atoms with E-state index in [1.807, 2.05) is 0 Å². The van der Waals surface area contributed by atoms with Crippen LogP contribution < -0.4 is 16.1 Å². The first kappa shape index (κ1) is 17.2. The van der Waals surface area contributed by atoms with Crippen LogP contribution in [0.25, 0.3) is 11.0 Å². The summed E-state index contributed by atoms with van der Waals surface area (Å²) < 4.78 is 15.5. The highest BCUT2D eigenvalue weighted by molar-refractivity contribution is 5.95. The first-order valence-electron chi connectivity index (χ1n) is 7.65. The van der Waals surface area contributed by atoms with E-state index in [2.05, 4.69) is 0 Å². The van der Waals surface area contributed by atoms with Gasteiger partial charge in [0.05, 0.1) is 12.7 Å². The number of amides is 1. The molecule has 0 fully saturated rings. The number of benzene rings is 2. The number of primary amides is 1. The molecular formula is C19H15NO6. The molecule has 3 rings (SSSR count). The van der Waals surface area contributed by atoms with Gasteiger partial charge in [0.1, 0.15) is 17.9 Å². The van der Waals surface area contributed by atoms with Crippen molar-refractivity contribution in [3.8, 4) is 5.75 Å². The summed E-state index contributed by atoms with van der Waals surface area (Å²) in [4.78, 5) is 34.9. The van der Waals surface area contributed by atoms with Crippen molar-refractivity contribution in [3.63, 3.8) is 0 Å². The Hall–Kier alpha value is -3.61. The van der Waals surface area contributed by atoms with E-state index in [9.17, 15) is 14.4 Å². The van der Waals surface area contributed by atoms with Gasteiger partial charge in [0.2, 0.25) is 5.91 Å². The van der Waals surface area contributed by atoms with Gasteiger partial charge in [-0.05, 0) is 36.4 Å². The highest BCUT2D eigenvalue weighted by atomic mass is 16.5. The molecule has 2 aromatic carbocycles. The Bertz CT molecular complexity index is 1040. The van der Waals surface area contributed by atoms with Gasteiger partial charge in [0.25, 0.3) is 0 Å². The lowest BCUT2D eigenvalue weighted by Crippen LogP contribution is -2.12. The average molecular weight is 353 g/mol. The summed E-state index contributed by atoms with van der Waals surface area (Å²) in [6.07, 6.45) is 0. The average Bonchev–Trinajstić information content (AvgIpc) is 2.65. The topological polar surface area (TPSA) is 109 Å². The highest BCUT2D eigenvalue weighted by Gasteiger charge is 2.12. The molecule has 1 amide bonds. The lowest BCUT2D eigenvalue weighted by atomic mass is 10.1. The fraction of sp³-hybridized carbons (Fsp3) is 0.105. The number of carbonyl (C=O) groups is 2. The Morgan fingerprint density at radius 2 is 1.73 bits per heavy atom. The van der Waals surface area contributed by atoms with Crippen molar-refractivity contribution in [2.75, 3.05) is 7.11 Å². The number of hydrogen-bond acceptors (Lipinski definition) is 6. The summed E-state index contributed by atoms with van der Waals surface area (Å²) in [7, 11) is 1.51. The Kier molecular flexibility index (Phi) is 4.70. The van der Waals surface area contributed by atoms with E-state index in [-0.39, 0.29) is 12.2 Å². The molecule has 0 radical (unpaired) electrons. The number of rotatable bonds is 5. The van der Waals surface area contributed by atoms with E-state index < -0.39 is 17.5 Å². The second-order valence-electron chi connectivity index (χ2n) is 5.47. The summed E-state index contributed by atoms with van der Waals surface area (Å²) >= 11 is 0. The van der Waals surface area contributed by atoms with Crippen molar-refractivity contribution in [1.29, 1.82) is 0 Å². The zero-order valence-corrected chi connectivity index (χ0v) is 13.9. The van der Waals surface area contributed by atoms with Crippen LogP contribution in [0.2, 0.25) is 0 Å². The molecule has 0 spiro atoms. The molecule has 0 bridgehead atoms. The Morgan fingerprint density at radius 3 is 2.38 bits per heavy atom. The van der Waals surface area contributed by atoms with Crippen LogP contribution in [0, 0.1) is 0 Å². The number of fused-ring (bicyclic) bond motifs is 1. The molecule has 0 unspecified atom stereocenters. The van der Waals surface area contributed by atoms with Crippen molar-refractivity contribution in [2.45, 2.75) is 6.61 Å². The highest BCUT2D eigenvalue weighted by Crippen LogP contribution is 2.23. The Morgan fingerprint density at radius 1 is 1.04 bits per heavy atom. The van der Waals surface area contributed by atoms with Crippen molar-refractivity contribution < 1.29 is 23.5 Å². The van der Waals surface area contributed by atoms with Gasteiger partial charge in [0, 0.05) is 28.6 Å². The smallest absolute Gasteiger partial charge is 0.338 e. The lowest BCUT2D eigenvalue weighted by Gasteiger charge is -2.08. The largest absolute Gasteiger partial charge is 0.497 e. The zero-order valence-electron chi connectivity index (χ0n) is 13.9. The second-order valence-corrected chi connectivity index (χ2v) is 5.47. The number of nitrogens with two attached hydrogens (primary N) is 1. The predicted octanol–water partition coefficient (Wildman–Crippen LogP) is 2.26. The summed E-state index contributed by atoms with van der Waals surface area (Å²) in [6, 6.07) is 12.1. The van der Waals surface area contributed by atoms with Crippen molar-refractivity contribution in [1.82, 2.24) is 0 Å².